The summed E-state index contributed by atoms with van der Waals surface area (Å²) < 4.78 is 5.59. The van der Waals surface area contributed by atoms with Crippen molar-refractivity contribution in [2.45, 2.75) is 31.9 Å². The topological polar surface area (TPSA) is 51.4 Å². The molecular formula is C13H20ClN3O. The van der Waals surface area contributed by atoms with Gasteiger partial charge in [0.15, 0.2) is 0 Å². The first-order chi connectivity index (χ1) is 8.58. The number of aromatic nitrogens is 1. The van der Waals surface area contributed by atoms with Gasteiger partial charge in [-0.3, -0.25) is 0 Å². The zero-order chi connectivity index (χ0) is 13.2. The van der Waals surface area contributed by atoms with Gasteiger partial charge in [-0.2, -0.15) is 0 Å². The summed E-state index contributed by atoms with van der Waals surface area (Å²) in [5, 5.41) is 0.632. The highest BCUT2D eigenvalue weighted by atomic mass is 35.5. The predicted octanol–water partition coefficient (Wildman–Crippen LogP) is 2.20. The highest BCUT2D eigenvalue weighted by Crippen LogP contribution is 2.28. The summed E-state index contributed by atoms with van der Waals surface area (Å²) in [4.78, 5) is 6.63. The molecule has 4 nitrogen and oxygen atoms in total. The lowest BCUT2D eigenvalue weighted by atomic mass is 9.95. The lowest BCUT2D eigenvalue weighted by Gasteiger charge is -2.40. The lowest BCUT2D eigenvalue weighted by molar-refractivity contribution is -0.00481. The quantitative estimate of drug-likeness (QED) is 0.914. The Morgan fingerprint density at radius 1 is 1.61 bits per heavy atom. The monoisotopic (exact) mass is 269 g/mol. The van der Waals surface area contributed by atoms with E-state index in [0.717, 1.165) is 37.3 Å². The fourth-order valence-corrected chi connectivity index (χ4v) is 2.55. The highest BCUT2D eigenvalue weighted by molar-refractivity contribution is 6.31. The number of ether oxygens (including phenoxy) is 1. The molecule has 1 atom stereocenters. The molecule has 0 amide bonds. The van der Waals surface area contributed by atoms with Crippen molar-refractivity contribution in [1.29, 1.82) is 0 Å². The van der Waals surface area contributed by atoms with Crippen LogP contribution in [0.5, 0.6) is 0 Å². The first-order valence-electron chi connectivity index (χ1n) is 6.22. The largest absolute Gasteiger partial charge is 0.377 e. The van der Waals surface area contributed by atoms with Crippen molar-refractivity contribution in [3.8, 4) is 0 Å². The standard InChI is InChI=1S/C13H20ClN3O/c1-13(18-2)4-3-5-17(9-13)12-6-10(7-15)11(14)8-16-12/h6,8H,3-5,7,9,15H2,1-2H3. The fourth-order valence-electron chi connectivity index (χ4n) is 2.37. The van der Waals surface area contributed by atoms with Gasteiger partial charge >= 0.3 is 0 Å². The average molecular weight is 270 g/mol. The van der Waals surface area contributed by atoms with Crippen molar-refractivity contribution in [2.24, 2.45) is 5.73 Å². The summed E-state index contributed by atoms with van der Waals surface area (Å²) >= 11 is 6.03. The van der Waals surface area contributed by atoms with Crippen LogP contribution in [0.15, 0.2) is 12.3 Å². The molecule has 1 aromatic heterocycles. The van der Waals surface area contributed by atoms with Crippen molar-refractivity contribution >= 4 is 17.4 Å². The van der Waals surface area contributed by atoms with Crippen LogP contribution in [-0.4, -0.2) is 30.8 Å². The summed E-state index contributed by atoms with van der Waals surface area (Å²) in [6.07, 6.45) is 3.86. The highest BCUT2D eigenvalue weighted by Gasteiger charge is 2.31. The second-order valence-electron chi connectivity index (χ2n) is 5.02. The second kappa shape index (κ2) is 5.43. The van der Waals surface area contributed by atoms with E-state index in [1.54, 1.807) is 13.3 Å². The number of methoxy groups -OCH3 is 1. The summed E-state index contributed by atoms with van der Waals surface area (Å²) in [7, 11) is 1.77. The third kappa shape index (κ3) is 2.76. The predicted molar refractivity (Wildman–Crippen MR) is 74.0 cm³/mol. The number of anilines is 1. The van der Waals surface area contributed by atoms with Crippen molar-refractivity contribution in [3.63, 3.8) is 0 Å². The van der Waals surface area contributed by atoms with Gasteiger partial charge in [0.1, 0.15) is 5.82 Å². The molecule has 2 rings (SSSR count). The molecule has 1 unspecified atom stereocenters. The SMILES string of the molecule is COC1(C)CCCN(c2cc(CN)c(Cl)cn2)C1. The van der Waals surface area contributed by atoms with Gasteiger partial charge in [-0.1, -0.05) is 11.6 Å². The summed E-state index contributed by atoms with van der Waals surface area (Å²) in [6.45, 7) is 4.42. The van der Waals surface area contributed by atoms with E-state index in [4.69, 9.17) is 22.1 Å². The molecule has 1 aliphatic rings. The Kier molecular flexibility index (Phi) is 4.10. The minimum atomic E-state index is -0.0948. The summed E-state index contributed by atoms with van der Waals surface area (Å²) in [5.74, 6) is 0.933. The van der Waals surface area contributed by atoms with E-state index >= 15 is 0 Å². The normalized spacial score (nSPS) is 24.3. The molecule has 0 aromatic carbocycles. The lowest BCUT2D eigenvalue weighted by Crippen LogP contribution is -2.47. The van der Waals surface area contributed by atoms with Crippen molar-refractivity contribution in [1.82, 2.24) is 4.98 Å². The summed E-state index contributed by atoms with van der Waals surface area (Å²) in [6, 6.07) is 1.98. The molecule has 0 saturated carbocycles. The molecule has 5 heteroatoms. The van der Waals surface area contributed by atoms with Gasteiger partial charge in [0.2, 0.25) is 0 Å². The third-order valence-electron chi connectivity index (χ3n) is 3.62. The van der Waals surface area contributed by atoms with Crippen LogP contribution in [0.4, 0.5) is 5.82 Å². The van der Waals surface area contributed by atoms with Crippen LogP contribution in [-0.2, 0) is 11.3 Å². The van der Waals surface area contributed by atoms with Crippen LogP contribution >= 0.6 is 11.6 Å². The van der Waals surface area contributed by atoms with E-state index in [1.807, 2.05) is 6.07 Å². The van der Waals surface area contributed by atoms with Crippen molar-refractivity contribution < 1.29 is 4.74 Å². The Hall–Kier alpha value is -0.840. The van der Waals surface area contributed by atoms with E-state index in [9.17, 15) is 0 Å². The number of hydrogen-bond acceptors (Lipinski definition) is 4. The van der Waals surface area contributed by atoms with Gasteiger partial charge in [0.05, 0.1) is 10.6 Å². The molecule has 18 heavy (non-hydrogen) atoms. The molecule has 100 valence electrons. The van der Waals surface area contributed by atoms with E-state index in [2.05, 4.69) is 16.8 Å². The molecule has 1 aliphatic heterocycles. The van der Waals surface area contributed by atoms with Crippen LogP contribution in [0, 0.1) is 0 Å². The Bertz CT molecular complexity index is 427. The molecule has 1 saturated heterocycles. The molecule has 2 N–H and O–H groups in total. The number of nitrogens with two attached hydrogens (primary N) is 1. The third-order valence-corrected chi connectivity index (χ3v) is 3.96. The van der Waals surface area contributed by atoms with E-state index < -0.39 is 0 Å². The Labute approximate surface area is 113 Å². The first-order valence-corrected chi connectivity index (χ1v) is 6.60. The van der Waals surface area contributed by atoms with Gasteiger partial charge in [-0.15, -0.1) is 0 Å². The smallest absolute Gasteiger partial charge is 0.129 e. The Morgan fingerprint density at radius 3 is 3.06 bits per heavy atom. The van der Waals surface area contributed by atoms with Crippen LogP contribution < -0.4 is 10.6 Å². The van der Waals surface area contributed by atoms with Crippen LogP contribution in [0.3, 0.4) is 0 Å². The molecule has 0 bridgehead atoms. The number of hydrogen-bond donors (Lipinski definition) is 1. The summed E-state index contributed by atoms with van der Waals surface area (Å²) in [5.41, 5.74) is 6.51. The number of rotatable bonds is 3. The minimum Gasteiger partial charge on any atom is -0.377 e. The van der Waals surface area contributed by atoms with Crippen LogP contribution in [0.25, 0.3) is 0 Å². The van der Waals surface area contributed by atoms with E-state index in [-0.39, 0.29) is 5.60 Å². The maximum absolute atomic E-state index is 6.03. The molecule has 0 spiro atoms. The number of piperidine rings is 1. The van der Waals surface area contributed by atoms with Gasteiger partial charge in [-0.25, -0.2) is 4.98 Å². The van der Waals surface area contributed by atoms with Gasteiger partial charge in [-0.05, 0) is 31.4 Å². The van der Waals surface area contributed by atoms with Gasteiger partial charge < -0.3 is 15.4 Å². The number of pyridine rings is 1. The minimum absolute atomic E-state index is 0.0948. The Morgan fingerprint density at radius 2 is 2.39 bits per heavy atom. The molecule has 1 aromatic rings. The molecular weight excluding hydrogens is 250 g/mol. The fraction of sp³-hybridized carbons (Fsp3) is 0.615. The number of nitrogens with zero attached hydrogens (tertiary/aromatic N) is 2. The maximum Gasteiger partial charge on any atom is 0.129 e. The molecule has 2 heterocycles. The van der Waals surface area contributed by atoms with Crippen molar-refractivity contribution in [2.75, 3.05) is 25.1 Å². The van der Waals surface area contributed by atoms with E-state index in [0.29, 0.717) is 11.6 Å². The number of halogens is 1. The van der Waals surface area contributed by atoms with Crippen LogP contribution in [0.1, 0.15) is 25.3 Å². The zero-order valence-electron chi connectivity index (χ0n) is 10.9. The Balaban J connectivity index is 2.21. The second-order valence-corrected chi connectivity index (χ2v) is 5.42. The zero-order valence-corrected chi connectivity index (χ0v) is 11.7. The maximum atomic E-state index is 6.03. The van der Waals surface area contributed by atoms with Gasteiger partial charge in [0.25, 0.3) is 0 Å². The van der Waals surface area contributed by atoms with Crippen molar-refractivity contribution in [3.05, 3.63) is 22.8 Å². The molecule has 0 aliphatic carbocycles. The average Bonchev–Trinajstić information content (AvgIpc) is 2.39. The molecule has 0 radical (unpaired) electrons. The molecule has 1 fully saturated rings. The van der Waals surface area contributed by atoms with E-state index in [1.165, 1.54) is 0 Å². The first kappa shape index (κ1) is 13.6. The van der Waals surface area contributed by atoms with Gasteiger partial charge in [0, 0.05) is 32.9 Å². The van der Waals surface area contributed by atoms with Crippen LogP contribution in [0.2, 0.25) is 5.02 Å².